The van der Waals surface area contributed by atoms with Crippen LogP contribution in [0.2, 0.25) is 0 Å². The molecule has 7 nitrogen and oxygen atoms in total. The zero-order valence-electron chi connectivity index (χ0n) is 9.66. The second-order valence-electron chi connectivity index (χ2n) is 3.42. The predicted molar refractivity (Wildman–Crippen MR) is 59.2 cm³/mol. The molecular formula is C11H11N3O4. The summed E-state index contributed by atoms with van der Waals surface area (Å²) in [5, 5.41) is 12.6. The van der Waals surface area contributed by atoms with Gasteiger partial charge in [-0.3, -0.25) is 4.98 Å². The predicted octanol–water partition coefficient (Wildman–Crippen LogP) is 1.30. The number of nitrogens with zero attached hydrogens (tertiary/aromatic N) is 3. The van der Waals surface area contributed by atoms with E-state index in [-0.39, 0.29) is 17.9 Å². The number of carbonyl (C=O) groups is 1. The Kier molecular flexibility index (Phi) is 3.52. The Bertz CT molecular complexity index is 553. The van der Waals surface area contributed by atoms with Gasteiger partial charge in [-0.25, -0.2) is 4.79 Å². The number of aromatic nitrogens is 3. The van der Waals surface area contributed by atoms with Crippen LogP contribution in [0.15, 0.2) is 23.0 Å². The van der Waals surface area contributed by atoms with E-state index >= 15 is 0 Å². The first-order valence-corrected chi connectivity index (χ1v) is 5.32. The van der Waals surface area contributed by atoms with Gasteiger partial charge in [-0.1, -0.05) is 12.1 Å². The smallest absolute Gasteiger partial charge is 0.339 e. The number of ether oxygens (including phenoxy) is 1. The first-order chi connectivity index (χ1) is 8.70. The van der Waals surface area contributed by atoms with Gasteiger partial charge >= 0.3 is 5.97 Å². The minimum atomic E-state index is -1.07. The van der Waals surface area contributed by atoms with Gasteiger partial charge in [-0.15, -0.1) is 0 Å². The molecule has 0 aliphatic rings. The van der Waals surface area contributed by atoms with E-state index in [1.807, 2.05) is 6.92 Å². The van der Waals surface area contributed by atoms with Gasteiger partial charge in [0.2, 0.25) is 11.7 Å². The van der Waals surface area contributed by atoms with Crippen LogP contribution in [-0.2, 0) is 13.0 Å². The molecule has 2 rings (SSSR count). The zero-order valence-corrected chi connectivity index (χ0v) is 9.66. The Labute approximate surface area is 102 Å². The second-order valence-corrected chi connectivity index (χ2v) is 3.42. The number of pyridine rings is 1. The third-order valence-corrected chi connectivity index (χ3v) is 2.18. The number of hydrogen-bond donors (Lipinski definition) is 1. The molecule has 2 aromatic heterocycles. The minimum absolute atomic E-state index is 0.0372. The van der Waals surface area contributed by atoms with Crippen LogP contribution >= 0.6 is 0 Å². The summed E-state index contributed by atoms with van der Waals surface area (Å²) in [5.41, 5.74) is 0.0456. The van der Waals surface area contributed by atoms with Gasteiger partial charge in [-0.05, 0) is 6.07 Å². The van der Waals surface area contributed by atoms with E-state index in [2.05, 4.69) is 15.1 Å². The molecule has 18 heavy (non-hydrogen) atoms. The third-order valence-electron chi connectivity index (χ3n) is 2.18. The minimum Gasteiger partial charge on any atom is -0.483 e. The lowest BCUT2D eigenvalue weighted by molar-refractivity contribution is 0.0691. The molecule has 7 heteroatoms. The maximum Gasteiger partial charge on any atom is 0.339 e. The quantitative estimate of drug-likeness (QED) is 0.852. The lowest BCUT2D eigenvalue weighted by Crippen LogP contribution is -2.04. The van der Waals surface area contributed by atoms with Crippen LogP contribution in [0.4, 0.5) is 0 Å². The van der Waals surface area contributed by atoms with E-state index in [9.17, 15) is 4.79 Å². The summed E-state index contributed by atoms with van der Waals surface area (Å²) >= 11 is 0. The van der Waals surface area contributed by atoms with Crippen LogP contribution in [0.1, 0.15) is 29.0 Å². The summed E-state index contributed by atoms with van der Waals surface area (Å²) in [5.74, 6) is -0.0205. The number of aromatic carboxylic acids is 1. The van der Waals surface area contributed by atoms with E-state index in [1.165, 1.54) is 18.5 Å². The van der Waals surface area contributed by atoms with Crippen molar-refractivity contribution in [1.29, 1.82) is 0 Å². The van der Waals surface area contributed by atoms with Gasteiger partial charge in [0.1, 0.15) is 5.56 Å². The fourth-order valence-electron chi connectivity index (χ4n) is 1.31. The number of hydrogen-bond acceptors (Lipinski definition) is 6. The topological polar surface area (TPSA) is 98.3 Å². The number of carboxylic acid groups (broad SMARTS) is 1. The highest BCUT2D eigenvalue weighted by atomic mass is 16.5. The first kappa shape index (κ1) is 12.0. The average molecular weight is 249 g/mol. The van der Waals surface area contributed by atoms with Crippen molar-refractivity contribution in [3.63, 3.8) is 0 Å². The van der Waals surface area contributed by atoms with Crippen molar-refractivity contribution in [1.82, 2.24) is 15.1 Å². The molecule has 0 aromatic carbocycles. The van der Waals surface area contributed by atoms with Crippen molar-refractivity contribution in [3.05, 3.63) is 35.7 Å². The maximum absolute atomic E-state index is 10.9. The van der Waals surface area contributed by atoms with Crippen LogP contribution in [0.5, 0.6) is 5.75 Å². The fourth-order valence-corrected chi connectivity index (χ4v) is 1.31. The molecule has 0 spiro atoms. The number of aryl methyl sites for hydroxylation is 1. The Morgan fingerprint density at radius 1 is 1.56 bits per heavy atom. The average Bonchev–Trinajstić information content (AvgIpc) is 2.84. The maximum atomic E-state index is 10.9. The van der Waals surface area contributed by atoms with Gasteiger partial charge in [0.15, 0.2) is 12.4 Å². The first-order valence-electron chi connectivity index (χ1n) is 5.32. The summed E-state index contributed by atoms with van der Waals surface area (Å²) in [6.45, 7) is 1.93. The highest BCUT2D eigenvalue weighted by Crippen LogP contribution is 2.17. The molecule has 0 fully saturated rings. The molecule has 0 aliphatic carbocycles. The Morgan fingerprint density at radius 3 is 3.06 bits per heavy atom. The Morgan fingerprint density at radius 2 is 2.39 bits per heavy atom. The van der Waals surface area contributed by atoms with Crippen molar-refractivity contribution in [2.75, 3.05) is 0 Å². The van der Waals surface area contributed by atoms with Crippen molar-refractivity contribution in [3.8, 4) is 5.75 Å². The van der Waals surface area contributed by atoms with Gasteiger partial charge in [-0.2, -0.15) is 4.98 Å². The summed E-state index contributed by atoms with van der Waals surface area (Å²) in [6.07, 6.45) is 3.37. The van der Waals surface area contributed by atoms with Gasteiger partial charge < -0.3 is 14.4 Å². The van der Waals surface area contributed by atoms with E-state index in [1.54, 1.807) is 0 Å². The Hall–Kier alpha value is -2.44. The lowest BCUT2D eigenvalue weighted by Gasteiger charge is -2.05. The van der Waals surface area contributed by atoms with E-state index in [0.29, 0.717) is 18.1 Å². The molecule has 0 amide bonds. The number of rotatable bonds is 5. The van der Waals surface area contributed by atoms with E-state index in [0.717, 1.165) is 0 Å². The van der Waals surface area contributed by atoms with Crippen molar-refractivity contribution >= 4 is 5.97 Å². The lowest BCUT2D eigenvalue weighted by atomic mass is 10.2. The standard InChI is InChI=1S/C11H11N3O4/c1-2-10-13-9(14-18-10)6-17-8-5-12-4-3-7(8)11(15)16/h3-5H,2,6H2,1H3,(H,15,16). The molecule has 1 N–H and O–H groups in total. The SMILES string of the molecule is CCc1nc(COc2cnccc2C(=O)O)no1. The highest BCUT2D eigenvalue weighted by molar-refractivity contribution is 5.90. The summed E-state index contributed by atoms with van der Waals surface area (Å²) in [6, 6.07) is 1.37. The van der Waals surface area contributed by atoms with Crippen LogP contribution in [-0.4, -0.2) is 26.2 Å². The van der Waals surface area contributed by atoms with Gasteiger partial charge in [0.25, 0.3) is 0 Å². The molecule has 0 saturated carbocycles. The molecule has 0 bridgehead atoms. The van der Waals surface area contributed by atoms with Crippen LogP contribution in [0.3, 0.4) is 0 Å². The zero-order chi connectivity index (χ0) is 13.0. The molecule has 2 aromatic rings. The van der Waals surface area contributed by atoms with Gasteiger partial charge in [0, 0.05) is 12.6 Å². The second kappa shape index (κ2) is 5.26. The molecular weight excluding hydrogens is 238 g/mol. The van der Waals surface area contributed by atoms with Crippen molar-refractivity contribution < 1.29 is 19.2 Å². The van der Waals surface area contributed by atoms with Crippen molar-refractivity contribution in [2.24, 2.45) is 0 Å². The van der Waals surface area contributed by atoms with E-state index in [4.69, 9.17) is 14.4 Å². The molecule has 94 valence electrons. The van der Waals surface area contributed by atoms with Crippen LogP contribution < -0.4 is 4.74 Å². The monoisotopic (exact) mass is 249 g/mol. The van der Waals surface area contributed by atoms with E-state index < -0.39 is 5.97 Å². The molecule has 0 saturated heterocycles. The highest BCUT2D eigenvalue weighted by Gasteiger charge is 2.12. The normalized spacial score (nSPS) is 10.3. The molecule has 0 unspecified atom stereocenters. The molecule has 0 atom stereocenters. The fraction of sp³-hybridized carbons (Fsp3) is 0.273. The molecule has 2 heterocycles. The molecule has 0 radical (unpaired) electrons. The summed E-state index contributed by atoms with van der Waals surface area (Å²) in [7, 11) is 0. The largest absolute Gasteiger partial charge is 0.483 e. The summed E-state index contributed by atoms with van der Waals surface area (Å²) < 4.78 is 10.2. The van der Waals surface area contributed by atoms with Crippen LogP contribution in [0.25, 0.3) is 0 Å². The van der Waals surface area contributed by atoms with Gasteiger partial charge in [0.05, 0.1) is 6.20 Å². The summed E-state index contributed by atoms with van der Waals surface area (Å²) in [4.78, 5) is 18.8. The van der Waals surface area contributed by atoms with Crippen molar-refractivity contribution in [2.45, 2.75) is 20.0 Å². The molecule has 0 aliphatic heterocycles. The number of carboxylic acids is 1. The van der Waals surface area contributed by atoms with Crippen LogP contribution in [0, 0.1) is 0 Å². The third kappa shape index (κ3) is 2.62. The Balaban J connectivity index is 2.08.